The van der Waals surface area contributed by atoms with Crippen LogP contribution in [0.4, 0.5) is 19.0 Å². The number of pyridine rings is 1. The summed E-state index contributed by atoms with van der Waals surface area (Å²) in [5, 5.41) is 3.98. The molecule has 3 aromatic rings. The molecular weight excluding hydrogens is 604 g/mol. The molecule has 0 unspecified atom stereocenters. The van der Waals surface area contributed by atoms with E-state index >= 15 is 13.2 Å². The molecule has 0 aliphatic carbocycles. The van der Waals surface area contributed by atoms with E-state index in [1.807, 2.05) is 33.8 Å². The van der Waals surface area contributed by atoms with E-state index in [2.05, 4.69) is 42.1 Å². The molecule has 10 heteroatoms. The van der Waals surface area contributed by atoms with Crippen LogP contribution in [0.5, 0.6) is 0 Å². The Hall–Kier alpha value is -3.11. The summed E-state index contributed by atoms with van der Waals surface area (Å²) in [6.45, 7) is 21.3. The van der Waals surface area contributed by atoms with Crippen molar-refractivity contribution in [2.75, 3.05) is 11.9 Å². The quantitative estimate of drug-likeness (QED) is 0.209. The number of nitrogens with one attached hydrogen (secondary N) is 1. The number of dihydropyridines is 1. The van der Waals surface area contributed by atoms with Crippen LogP contribution in [0.2, 0.25) is 18.1 Å². The van der Waals surface area contributed by atoms with Crippen molar-refractivity contribution >= 4 is 36.5 Å². The molecule has 0 radical (unpaired) electrons. The zero-order chi connectivity index (χ0) is 34.2. The molecule has 2 aromatic heterocycles. The van der Waals surface area contributed by atoms with Gasteiger partial charge in [-0.25, -0.2) is 19.3 Å². The van der Waals surface area contributed by atoms with Gasteiger partial charge in [0.25, 0.3) is 0 Å². The van der Waals surface area contributed by atoms with Gasteiger partial charge in [-0.3, -0.25) is 4.99 Å². The van der Waals surface area contributed by atoms with Gasteiger partial charge in [0.1, 0.15) is 23.1 Å². The highest BCUT2D eigenvalue weighted by Gasteiger charge is 2.54. The second-order valence-corrected chi connectivity index (χ2v) is 18.8. The number of aromatic nitrogens is 3. The van der Waals surface area contributed by atoms with Gasteiger partial charge in [0.05, 0.1) is 23.5 Å². The first-order chi connectivity index (χ1) is 21.4. The number of rotatable bonds is 11. The Labute approximate surface area is 273 Å². The van der Waals surface area contributed by atoms with E-state index in [1.165, 1.54) is 32.0 Å². The van der Waals surface area contributed by atoms with Crippen LogP contribution in [0.25, 0.3) is 16.6 Å². The van der Waals surface area contributed by atoms with Crippen LogP contribution in [0.3, 0.4) is 0 Å². The molecule has 1 aliphatic rings. The molecule has 1 aromatic carbocycles. The molecule has 1 aliphatic heterocycles. The SMILES string of the molecule is CC[Si](CC)(CC)OC(C)(C)C(F)(F)c1cccc([C@@H](C)Nc2nc(C)nc3nc(C)c(C4=CCN=C(C(C)(C)C)C4)cc23)c1F. The molecular formula is C36H50F3N5OSi. The first-order valence-corrected chi connectivity index (χ1v) is 18.9. The fourth-order valence-corrected chi connectivity index (χ4v) is 9.42. The minimum Gasteiger partial charge on any atom is -0.405 e. The summed E-state index contributed by atoms with van der Waals surface area (Å²) in [7, 11) is -2.41. The van der Waals surface area contributed by atoms with Gasteiger partial charge >= 0.3 is 5.92 Å². The van der Waals surface area contributed by atoms with Crippen LogP contribution >= 0.6 is 0 Å². The first kappa shape index (κ1) is 35.7. The summed E-state index contributed by atoms with van der Waals surface area (Å²) in [6.07, 6.45) is 2.84. The highest BCUT2D eigenvalue weighted by molar-refractivity contribution is 6.73. The zero-order valence-electron chi connectivity index (χ0n) is 29.3. The number of fused-ring (bicyclic) bond motifs is 1. The lowest BCUT2D eigenvalue weighted by molar-refractivity contribution is -0.161. The van der Waals surface area contributed by atoms with Crippen LogP contribution in [0.15, 0.2) is 35.3 Å². The van der Waals surface area contributed by atoms with E-state index in [4.69, 9.17) is 14.4 Å². The van der Waals surface area contributed by atoms with Crippen molar-refractivity contribution in [2.24, 2.45) is 10.4 Å². The summed E-state index contributed by atoms with van der Waals surface area (Å²) in [5.74, 6) is -3.56. The lowest BCUT2D eigenvalue weighted by atomic mass is 9.83. The minimum absolute atomic E-state index is 0.0517. The van der Waals surface area contributed by atoms with E-state index in [-0.39, 0.29) is 11.0 Å². The summed E-state index contributed by atoms with van der Waals surface area (Å²) < 4.78 is 54.9. The van der Waals surface area contributed by atoms with E-state index in [0.29, 0.717) is 53.8 Å². The topological polar surface area (TPSA) is 72.3 Å². The summed E-state index contributed by atoms with van der Waals surface area (Å²) >= 11 is 0. The Balaban J connectivity index is 1.71. The largest absolute Gasteiger partial charge is 0.405 e. The molecule has 6 nitrogen and oxygen atoms in total. The summed E-state index contributed by atoms with van der Waals surface area (Å²) in [6, 6.07) is 7.67. The average molecular weight is 654 g/mol. The second-order valence-electron chi connectivity index (χ2n) is 14.1. The van der Waals surface area contributed by atoms with Crippen molar-refractivity contribution in [1.29, 1.82) is 0 Å². The normalized spacial score (nSPS) is 15.5. The van der Waals surface area contributed by atoms with Crippen molar-refractivity contribution in [3.05, 3.63) is 64.4 Å². The molecule has 0 bridgehead atoms. The van der Waals surface area contributed by atoms with Gasteiger partial charge in [-0.2, -0.15) is 8.78 Å². The summed E-state index contributed by atoms with van der Waals surface area (Å²) in [5.41, 5.74) is 2.11. The Morgan fingerprint density at radius 1 is 0.978 bits per heavy atom. The maximum absolute atomic E-state index is 16.2. The number of nitrogens with zero attached hydrogens (tertiary/aromatic N) is 4. The van der Waals surface area contributed by atoms with Crippen molar-refractivity contribution in [3.63, 3.8) is 0 Å². The number of halogens is 3. The standard InChI is InChI=1S/C36H50F3N5OSi/c1-12-46(13-2,14-3)45-35(10,11)36(38,39)29-17-15-16-26(31(29)37)22(4)41-32-28-21-27(23(5)42-33(28)44-24(6)43-32)25-18-19-40-30(20-25)34(7,8)9/h15-18,21-22H,12-14,19-20H2,1-11H3,(H,41,42,43,44)/t22-/m1/s1. The smallest absolute Gasteiger partial charge is 0.302 e. The molecule has 0 saturated carbocycles. The van der Waals surface area contributed by atoms with E-state index < -0.39 is 37.3 Å². The molecule has 0 fully saturated rings. The van der Waals surface area contributed by atoms with Gasteiger partial charge in [-0.1, -0.05) is 59.8 Å². The molecule has 0 spiro atoms. The molecule has 1 atom stereocenters. The first-order valence-electron chi connectivity index (χ1n) is 16.4. The van der Waals surface area contributed by atoms with Gasteiger partial charge < -0.3 is 9.74 Å². The minimum atomic E-state index is -3.57. The van der Waals surface area contributed by atoms with Crippen LogP contribution < -0.4 is 5.32 Å². The lowest BCUT2D eigenvalue weighted by Gasteiger charge is -2.42. The van der Waals surface area contributed by atoms with Crippen LogP contribution in [0, 0.1) is 25.1 Å². The third kappa shape index (κ3) is 6.93. The highest BCUT2D eigenvalue weighted by atomic mass is 28.4. The molecule has 250 valence electrons. The summed E-state index contributed by atoms with van der Waals surface area (Å²) in [4.78, 5) is 18.8. The number of hydrogen-bond donors (Lipinski definition) is 1. The number of hydrogen-bond acceptors (Lipinski definition) is 6. The Kier molecular flexibility index (Phi) is 10.2. The Morgan fingerprint density at radius 2 is 1.63 bits per heavy atom. The third-order valence-corrected chi connectivity index (χ3v) is 14.3. The monoisotopic (exact) mass is 653 g/mol. The van der Waals surface area contributed by atoms with Crippen LogP contribution in [-0.4, -0.2) is 41.1 Å². The molecule has 0 saturated heterocycles. The maximum Gasteiger partial charge on any atom is 0.302 e. The second kappa shape index (κ2) is 13.2. The molecule has 0 amide bonds. The van der Waals surface area contributed by atoms with Crippen LogP contribution in [-0.2, 0) is 10.3 Å². The van der Waals surface area contributed by atoms with Crippen LogP contribution in [0.1, 0.15) is 103 Å². The highest BCUT2D eigenvalue weighted by Crippen LogP contribution is 2.46. The Bertz CT molecular complexity index is 1650. The van der Waals surface area contributed by atoms with Gasteiger partial charge in [-0.15, -0.1) is 0 Å². The van der Waals surface area contributed by atoms with E-state index in [1.54, 1.807) is 13.8 Å². The number of allylic oxidation sites excluding steroid dienone is 1. The van der Waals surface area contributed by atoms with Crippen molar-refractivity contribution in [3.8, 4) is 0 Å². The lowest BCUT2D eigenvalue weighted by Crippen LogP contribution is -2.52. The number of aryl methyl sites for hydroxylation is 2. The number of alkyl halides is 2. The van der Waals surface area contributed by atoms with Gasteiger partial charge in [0, 0.05) is 28.8 Å². The van der Waals surface area contributed by atoms with Crippen molar-refractivity contribution in [2.45, 2.75) is 118 Å². The fourth-order valence-electron chi connectivity index (χ4n) is 6.28. The molecule has 1 N–H and O–H groups in total. The van der Waals surface area contributed by atoms with E-state index in [0.717, 1.165) is 22.5 Å². The predicted octanol–water partition coefficient (Wildman–Crippen LogP) is 10.1. The number of benzene rings is 1. The Morgan fingerprint density at radius 3 is 2.24 bits per heavy atom. The van der Waals surface area contributed by atoms with Gasteiger partial charge in [-0.05, 0) is 76.0 Å². The average Bonchev–Trinajstić information content (AvgIpc) is 2.99. The molecule has 46 heavy (non-hydrogen) atoms. The fraction of sp³-hybridized carbons (Fsp3) is 0.556. The number of aliphatic imine (C=N–C) groups is 1. The third-order valence-electron chi connectivity index (χ3n) is 9.53. The molecule has 4 rings (SSSR count). The predicted molar refractivity (Wildman–Crippen MR) is 186 cm³/mol. The zero-order valence-corrected chi connectivity index (χ0v) is 30.3. The van der Waals surface area contributed by atoms with Crippen molar-refractivity contribution < 1.29 is 17.6 Å². The number of anilines is 1. The maximum atomic E-state index is 16.2. The van der Waals surface area contributed by atoms with Gasteiger partial charge in [0.2, 0.25) is 0 Å². The van der Waals surface area contributed by atoms with E-state index in [9.17, 15) is 0 Å². The molecule has 3 heterocycles. The van der Waals surface area contributed by atoms with Gasteiger partial charge in [0.15, 0.2) is 14.0 Å². The van der Waals surface area contributed by atoms with Crippen molar-refractivity contribution in [1.82, 2.24) is 15.0 Å².